The quantitative estimate of drug-likeness (QED) is 0.599. The molecule has 0 bridgehead atoms. The van der Waals surface area contributed by atoms with Crippen molar-refractivity contribution in [3.05, 3.63) is 95.1 Å². The maximum Gasteiger partial charge on any atom is 0.207 e. The molecule has 126 valence electrons. The molecule has 0 amide bonds. The highest BCUT2D eigenvalue weighted by Gasteiger charge is 2.20. The molecular weight excluding hydrogens is 328 g/mol. The number of aryl methyl sites for hydroxylation is 2. The van der Waals surface area contributed by atoms with Crippen molar-refractivity contribution in [1.29, 1.82) is 0 Å². The lowest BCUT2D eigenvalue weighted by Crippen LogP contribution is -2.04. The normalized spacial score (nSPS) is 11.8. The van der Waals surface area contributed by atoms with E-state index in [0.717, 1.165) is 16.7 Å². The molecule has 0 saturated heterocycles. The summed E-state index contributed by atoms with van der Waals surface area (Å²) in [5.41, 5.74) is 3.79. The monoisotopic (exact) mass is 348 g/mol. The van der Waals surface area contributed by atoms with Gasteiger partial charge in [-0.25, -0.2) is 8.42 Å². The molecule has 3 aromatic carbocycles. The van der Waals surface area contributed by atoms with Crippen molar-refractivity contribution in [3.8, 4) is 0 Å². The van der Waals surface area contributed by atoms with Gasteiger partial charge >= 0.3 is 0 Å². The average Bonchev–Trinajstić information content (AvgIpc) is 2.61. The standard InChI is InChI=1S/C22H20O2S/c1-17-8-13-21(14-9-17)25(23,24)22-15-10-18(2)16-20(22)12-11-19-6-4-3-5-7-19/h3-16H,1-2H3. The lowest BCUT2D eigenvalue weighted by atomic mass is 10.1. The summed E-state index contributed by atoms with van der Waals surface area (Å²) in [4.78, 5) is 0.644. The van der Waals surface area contributed by atoms with Gasteiger partial charge in [0.2, 0.25) is 9.84 Å². The largest absolute Gasteiger partial charge is 0.218 e. The first-order chi connectivity index (χ1) is 12.0. The summed E-state index contributed by atoms with van der Waals surface area (Å²) in [5, 5.41) is 0. The zero-order valence-electron chi connectivity index (χ0n) is 14.3. The van der Waals surface area contributed by atoms with Gasteiger partial charge in [0, 0.05) is 0 Å². The van der Waals surface area contributed by atoms with Gasteiger partial charge in [0.25, 0.3) is 0 Å². The summed E-state index contributed by atoms with van der Waals surface area (Å²) in [6, 6.07) is 22.2. The molecule has 0 aliphatic rings. The topological polar surface area (TPSA) is 34.1 Å². The van der Waals surface area contributed by atoms with Crippen LogP contribution in [0.1, 0.15) is 22.3 Å². The molecule has 0 fully saturated rings. The van der Waals surface area contributed by atoms with E-state index < -0.39 is 9.84 Å². The van der Waals surface area contributed by atoms with Gasteiger partial charge in [0.05, 0.1) is 9.79 Å². The molecule has 3 aromatic rings. The average molecular weight is 348 g/mol. The summed E-state index contributed by atoms with van der Waals surface area (Å²) < 4.78 is 26.1. The van der Waals surface area contributed by atoms with E-state index in [0.29, 0.717) is 15.4 Å². The lowest BCUT2D eigenvalue weighted by Gasteiger charge is -2.10. The molecule has 0 aliphatic carbocycles. The van der Waals surface area contributed by atoms with Crippen molar-refractivity contribution in [2.75, 3.05) is 0 Å². The second-order valence-corrected chi connectivity index (χ2v) is 8.02. The zero-order chi connectivity index (χ0) is 17.9. The highest BCUT2D eigenvalue weighted by molar-refractivity contribution is 7.91. The van der Waals surface area contributed by atoms with Crippen LogP contribution in [0.25, 0.3) is 12.2 Å². The molecule has 25 heavy (non-hydrogen) atoms. The van der Waals surface area contributed by atoms with E-state index >= 15 is 0 Å². The summed E-state index contributed by atoms with van der Waals surface area (Å²) in [6.45, 7) is 3.90. The smallest absolute Gasteiger partial charge is 0.207 e. The third kappa shape index (κ3) is 3.89. The predicted octanol–water partition coefficient (Wildman–Crippen LogP) is 5.31. The Labute approximate surface area is 149 Å². The maximum absolute atomic E-state index is 13.1. The SMILES string of the molecule is Cc1ccc(S(=O)(=O)c2ccc(C)cc2C=Cc2ccccc2)cc1. The molecule has 0 radical (unpaired) electrons. The van der Waals surface area contributed by atoms with Crippen LogP contribution >= 0.6 is 0 Å². The van der Waals surface area contributed by atoms with E-state index in [2.05, 4.69) is 0 Å². The number of hydrogen-bond donors (Lipinski definition) is 0. The van der Waals surface area contributed by atoms with E-state index in [1.807, 2.05) is 80.6 Å². The first-order valence-electron chi connectivity index (χ1n) is 8.12. The summed E-state index contributed by atoms with van der Waals surface area (Å²) in [6.07, 6.45) is 3.80. The molecule has 0 aromatic heterocycles. The zero-order valence-corrected chi connectivity index (χ0v) is 15.1. The Morgan fingerprint density at radius 1 is 0.720 bits per heavy atom. The molecule has 3 heteroatoms. The molecule has 2 nitrogen and oxygen atoms in total. The van der Waals surface area contributed by atoms with Crippen LogP contribution in [0.5, 0.6) is 0 Å². The van der Waals surface area contributed by atoms with Crippen molar-refractivity contribution in [2.45, 2.75) is 23.6 Å². The Hall–Kier alpha value is -2.65. The Balaban J connectivity index is 2.07. The van der Waals surface area contributed by atoms with Crippen LogP contribution in [0.4, 0.5) is 0 Å². The predicted molar refractivity (Wildman–Crippen MR) is 103 cm³/mol. The van der Waals surface area contributed by atoms with E-state index in [9.17, 15) is 8.42 Å². The molecule has 3 rings (SSSR count). The van der Waals surface area contributed by atoms with Gasteiger partial charge in [0.1, 0.15) is 0 Å². The fourth-order valence-electron chi connectivity index (χ4n) is 2.64. The van der Waals surface area contributed by atoms with Gasteiger partial charge in [-0.15, -0.1) is 0 Å². The Bertz CT molecular complexity index is 1000. The fraction of sp³-hybridized carbons (Fsp3) is 0.0909. The van der Waals surface area contributed by atoms with E-state index in [1.54, 1.807) is 18.2 Å². The van der Waals surface area contributed by atoms with Crippen LogP contribution in [-0.2, 0) is 9.84 Å². The van der Waals surface area contributed by atoms with Crippen LogP contribution in [0.3, 0.4) is 0 Å². The second kappa shape index (κ2) is 7.08. The fourth-order valence-corrected chi connectivity index (χ4v) is 4.07. The Kier molecular flexibility index (Phi) is 4.86. The Morgan fingerprint density at radius 3 is 2.04 bits per heavy atom. The van der Waals surface area contributed by atoms with Crippen LogP contribution in [0.2, 0.25) is 0 Å². The van der Waals surface area contributed by atoms with Crippen molar-refractivity contribution in [3.63, 3.8) is 0 Å². The van der Waals surface area contributed by atoms with Crippen LogP contribution in [0, 0.1) is 13.8 Å². The minimum atomic E-state index is -3.56. The molecule has 0 atom stereocenters. The number of sulfone groups is 1. The third-order valence-corrected chi connectivity index (χ3v) is 5.88. The van der Waals surface area contributed by atoms with Gasteiger partial charge in [-0.3, -0.25) is 0 Å². The number of rotatable bonds is 4. The minimum Gasteiger partial charge on any atom is -0.218 e. The highest BCUT2D eigenvalue weighted by Crippen LogP contribution is 2.26. The van der Waals surface area contributed by atoms with Gasteiger partial charge in [0.15, 0.2) is 0 Å². The van der Waals surface area contributed by atoms with Gasteiger partial charge in [-0.1, -0.05) is 77.9 Å². The molecule has 0 heterocycles. The van der Waals surface area contributed by atoms with E-state index in [4.69, 9.17) is 0 Å². The van der Waals surface area contributed by atoms with Crippen LogP contribution < -0.4 is 0 Å². The highest BCUT2D eigenvalue weighted by atomic mass is 32.2. The molecule has 0 aliphatic heterocycles. The van der Waals surface area contributed by atoms with Crippen molar-refractivity contribution in [1.82, 2.24) is 0 Å². The molecule has 0 N–H and O–H groups in total. The van der Waals surface area contributed by atoms with Crippen LogP contribution in [-0.4, -0.2) is 8.42 Å². The molecule has 0 unspecified atom stereocenters. The van der Waals surface area contributed by atoms with Crippen LogP contribution in [0.15, 0.2) is 82.6 Å². The number of hydrogen-bond acceptors (Lipinski definition) is 2. The summed E-state index contributed by atoms with van der Waals surface area (Å²) in [7, 11) is -3.56. The van der Waals surface area contributed by atoms with Crippen molar-refractivity contribution in [2.24, 2.45) is 0 Å². The van der Waals surface area contributed by atoms with Gasteiger partial charge < -0.3 is 0 Å². The number of benzene rings is 3. The van der Waals surface area contributed by atoms with E-state index in [-0.39, 0.29) is 0 Å². The van der Waals surface area contributed by atoms with E-state index in [1.165, 1.54) is 0 Å². The second-order valence-electron chi connectivity index (χ2n) is 6.10. The Morgan fingerprint density at radius 2 is 1.36 bits per heavy atom. The lowest BCUT2D eigenvalue weighted by molar-refractivity contribution is 0.596. The van der Waals surface area contributed by atoms with Crippen molar-refractivity contribution >= 4 is 22.0 Å². The van der Waals surface area contributed by atoms with Gasteiger partial charge in [-0.05, 0) is 43.2 Å². The maximum atomic E-state index is 13.1. The first-order valence-corrected chi connectivity index (χ1v) is 9.61. The third-order valence-electron chi connectivity index (χ3n) is 4.04. The first kappa shape index (κ1) is 17.2. The molecule has 0 saturated carbocycles. The minimum absolute atomic E-state index is 0.316. The molecule has 0 spiro atoms. The summed E-state index contributed by atoms with van der Waals surface area (Å²) in [5.74, 6) is 0. The van der Waals surface area contributed by atoms with Crippen molar-refractivity contribution < 1.29 is 8.42 Å². The molecular formula is C22H20O2S. The van der Waals surface area contributed by atoms with Gasteiger partial charge in [-0.2, -0.15) is 0 Å². The summed E-state index contributed by atoms with van der Waals surface area (Å²) >= 11 is 0.